The summed E-state index contributed by atoms with van der Waals surface area (Å²) >= 11 is 6.81. The van der Waals surface area contributed by atoms with E-state index in [1.54, 1.807) is 24.3 Å². The molecule has 2 aromatic rings. The maximum atomic E-state index is 11.9. The molecule has 0 aromatic heterocycles. The Kier molecular flexibility index (Phi) is 4.19. The van der Waals surface area contributed by atoms with Gasteiger partial charge in [0.25, 0.3) is 5.69 Å². The zero-order chi connectivity index (χ0) is 13.8. The lowest BCUT2D eigenvalue weighted by Gasteiger charge is -2.01. The number of rotatable bonds is 3. The Balaban J connectivity index is 2.11. The summed E-state index contributed by atoms with van der Waals surface area (Å²) in [5, 5.41) is 10.9. The number of halogens is 1. The van der Waals surface area contributed by atoms with E-state index in [9.17, 15) is 14.9 Å². The molecule has 19 heavy (non-hydrogen) atoms. The number of nitro groups is 1. The van der Waals surface area contributed by atoms with E-state index in [2.05, 4.69) is 0 Å². The predicted octanol–water partition coefficient (Wildman–Crippen LogP) is 4.18. The highest BCUT2D eigenvalue weighted by Gasteiger charge is 2.10. The molecule has 0 saturated heterocycles. The molecule has 0 unspecified atom stereocenters. The van der Waals surface area contributed by atoms with Gasteiger partial charge >= 0.3 is 0 Å². The van der Waals surface area contributed by atoms with E-state index in [1.165, 1.54) is 24.3 Å². The summed E-state index contributed by atoms with van der Waals surface area (Å²) in [6.45, 7) is 0. The first kappa shape index (κ1) is 13.6. The minimum atomic E-state index is -0.499. The van der Waals surface area contributed by atoms with Gasteiger partial charge in [-0.25, -0.2) is 0 Å². The van der Waals surface area contributed by atoms with Gasteiger partial charge in [0.05, 0.1) is 4.92 Å². The Morgan fingerprint density at radius 2 is 1.63 bits per heavy atom. The molecule has 6 heteroatoms. The quantitative estimate of drug-likeness (QED) is 0.484. The van der Waals surface area contributed by atoms with Gasteiger partial charge in [0.15, 0.2) is 0 Å². The molecule has 0 aliphatic heterocycles. The van der Waals surface area contributed by atoms with Crippen molar-refractivity contribution in [2.45, 2.75) is 4.90 Å². The van der Waals surface area contributed by atoms with Gasteiger partial charge in [-0.2, -0.15) is 0 Å². The van der Waals surface area contributed by atoms with Crippen LogP contribution in [-0.4, -0.2) is 10.0 Å². The van der Waals surface area contributed by atoms with Crippen molar-refractivity contribution in [2.24, 2.45) is 0 Å². The number of nitro benzene ring substituents is 1. The Hall–Kier alpha value is -1.85. The van der Waals surface area contributed by atoms with Gasteiger partial charge in [0.2, 0.25) is 5.12 Å². The van der Waals surface area contributed by atoms with Crippen LogP contribution in [0.15, 0.2) is 53.4 Å². The molecule has 0 bridgehead atoms. The molecule has 0 radical (unpaired) electrons. The number of carbonyl (C=O) groups excluding carboxylic acids is 1. The lowest BCUT2D eigenvalue weighted by Crippen LogP contribution is -1.94. The van der Waals surface area contributed by atoms with Crippen LogP contribution >= 0.6 is 23.4 Å². The highest BCUT2D eigenvalue weighted by molar-refractivity contribution is 8.14. The van der Waals surface area contributed by atoms with E-state index >= 15 is 0 Å². The standard InChI is InChI=1S/C13H8ClNO3S/c14-10-3-7-12(8-4-10)19-13(16)9-1-5-11(6-2-9)15(17)18/h1-8H. The number of hydrogen-bond donors (Lipinski definition) is 0. The second-order valence-corrected chi connectivity index (χ2v) is 5.13. The van der Waals surface area contributed by atoms with Crippen molar-refractivity contribution in [3.8, 4) is 0 Å². The summed E-state index contributed by atoms with van der Waals surface area (Å²) in [6, 6.07) is 12.4. The highest BCUT2D eigenvalue weighted by atomic mass is 35.5. The summed E-state index contributed by atoms with van der Waals surface area (Å²) in [6.07, 6.45) is 0. The maximum Gasteiger partial charge on any atom is 0.269 e. The second-order valence-electron chi connectivity index (χ2n) is 3.65. The van der Waals surface area contributed by atoms with E-state index < -0.39 is 4.92 Å². The van der Waals surface area contributed by atoms with Crippen molar-refractivity contribution in [3.63, 3.8) is 0 Å². The first-order valence-corrected chi connectivity index (χ1v) is 6.48. The van der Waals surface area contributed by atoms with Crippen LogP contribution in [0.4, 0.5) is 5.69 Å². The lowest BCUT2D eigenvalue weighted by atomic mass is 10.2. The fraction of sp³-hybridized carbons (Fsp3) is 0. The van der Waals surface area contributed by atoms with Crippen molar-refractivity contribution in [2.75, 3.05) is 0 Å². The summed E-state index contributed by atoms with van der Waals surface area (Å²) in [4.78, 5) is 22.7. The predicted molar refractivity (Wildman–Crippen MR) is 74.7 cm³/mol. The molecule has 0 atom stereocenters. The number of hydrogen-bond acceptors (Lipinski definition) is 4. The van der Waals surface area contributed by atoms with Gasteiger partial charge in [-0.05, 0) is 48.2 Å². The number of nitrogens with zero attached hydrogens (tertiary/aromatic N) is 1. The largest absolute Gasteiger partial charge is 0.281 e. The molecule has 0 spiro atoms. The average molecular weight is 294 g/mol. The van der Waals surface area contributed by atoms with Gasteiger partial charge in [0, 0.05) is 27.6 Å². The normalized spacial score (nSPS) is 10.2. The van der Waals surface area contributed by atoms with Crippen LogP contribution in [0.5, 0.6) is 0 Å². The molecule has 4 nitrogen and oxygen atoms in total. The fourth-order valence-corrected chi connectivity index (χ4v) is 2.25. The molecule has 0 saturated carbocycles. The lowest BCUT2D eigenvalue weighted by molar-refractivity contribution is -0.384. The van der Waals surface area contributed by atoms with E-state index in [4.69, 9.17) is 11.6 Å². The molecule has 2 rings (SSSR count). The molecular formula is C13H8ClNO3S. The molecule has 96 valence electrons. The minimum absolute atomic E-state index is 0.0342. The molecule has 2 aromatic carbocycles. The molecule has 0 N–H and O–H groups in total. The SMILES string of the molecule is O=C(Sc1ccc(Cl)cc1)c1ccc([N+](=O)[O-])cc1. The molecule has 0 amide bonds. The number of non-ortho nitro benzene ring substituents is 1. The van der Waals surface area contributed by atoms with Crippen LogP contribution in [0.2, 0.25) is 5.02 Å². The van der Waals surface area contributed by atoms with Gasteiger partial charge in [-0.15, -0.1) is 0 Å². The zero-order valence-corrected chi connectivity index (χ0v) is 11.1. The van der Waals surface area contributed by atoms with E-state index in [0.717, 1.165) is 16.7 Å². The molecular weight excluding hydrogens is 286 g/mol. The van der Waals surface area contributed by atoms with Gasteiger partial charge < -0.3 is 0 Å². The first-order chi connectivity index (χ1) is 9.06. The van der Waals surface area contributed by atoms with Crippen LogP contribution in [0.1, 0.15) is 10.4 Å². The average Bonchev–Trinajstić information content (AvgIpc) is 2.41. The van der Waals surface area contributed by atoms with Crippen molar-refractivity contribution in [1.29, 1.82) is 0 Å². The Morgan fingerprint density at radius 1 is 1.05 bits per heavy atom. The van der Waals surface area contributed by atoms with Crippen LogP contribution < -0.4 is 0 Å². The van der Waals surface area contributed by atoms with E-state index in [-0.39, 0.29) is 10.8 Å². The fourth-order valence-electron chi connectivity index (χ4n) is 1.39. The third-order valence-corrected chi connectivity index (χ3v) is 3.52. The van der Waals surface area contributed by atoms with Crippen LogP contribution in [-0.2, 0) is 0 Å². The summed E-state index contributed by atoms with van der Waals surface area (Å²) in [5.74, 6) is 0. The maximum absolute atomic E-state index is 11.9. The third kappa shape index (κ3) is 3.56. The van der Waals surface area contributed by atoms with Gasteiger partial charge in [-0.3, -0.25) is 14.9 Å². The molecule has 0 aliphatic rings. The second kappa shape index (κ2) is 5.86. The van der Waals surface area contributed by atoms with E-state index in [0.29, 0.717) is 10.6 Å². The van der Waals surface area contributed by atoms with Gasteiger partial charge in [0.1, 0.15) is 0 Å². The molecule has 0 aliphatic carbocycles. The van der Waals surface area contributed by atoms with Crippen molar-refractivity contribution in [3.05, 3.63) is 69.2 Å². The van der Waals surface area contributed by atoms with Crippen molar-refractivity contribution < 1.29 is 9.72 Å². The highest BCUT2D eigenvalue weighted by Crippen LogP contribution is 2.25. The Morgan fingerprint density at radius 3 is 2.16 bits per heavy atom. The van der Waals surface area contributed by atoms with E-state index in [1.807, 2.05) is 0 Å². The van der Waals surface area contributed by atoms with Crippen LogP contribution in [0.3, 0.4) is 0 Å². The first-order valence-electron chi connectivity index (χ1n) is 5.28. The monoisotopic (exact) mass is 293 g/mol. The van der Waals surface area contributed by atoms with Crippen LogP contribution in [0, 0.1) is 10.1 Å². The van der Waals surface area contributed by atoms with Crippen molar-refractivity contribution in [1.82, 2.24) is 0 Å². The summed E-state index contributed by atoms with van der Waals surface area (Å²) < 4.78 is 0. The van der Waals surface area contributed by atoms with Gasteiger partial charge in [-0.1, -0.05) is 11.6 Å². The third-order valence-electron chi connectivity index (χ3n) is 2.34. The Labute approximate surface area is 118 Å². The molecule has 0 fully saturated rings. The smallest absolute Gasteiger partial charge is 0.269 e. The Bertz CT molecular complexity index is 611. The molecule has 0 heterocycles. The van der Waals surface area contributed by atoms with Crippen molar-refractivity contribution >= 4 is 34.2 Å². The number of benzene rings is 2. The topological polar surface area (TPSA) is 60.2 Å². The zero-order valence-electron chi connectivity index (χ0n) is 9.58. The summed E-state index contributed by atoms with van der Waals surface area (Å²) in [7, 11) is 0. The van der Waals surface area contributed by atoms with Crippen LogP contribution in [0.25, 0.3) is 0 Å². The minimum Gasteiger partial charge on any atom is -0.281 e. The summed E-state index contributed by atoms with van der Waals surface area (Å²) in [5.41, 5.74) is 0.388. The number of thioether (sulfide) groups is 1. The number of carbonyl (C=O) groups is 1.